The molecule has 2 aromatic carbocycles. The molecule has 0 spiro atoms. The number of hydrogen-bond acceptors (Lipinski definition) is 4. The van der Waals surface area contributed by atoms with E-state index in [4.69, 9.17) is 5.26 Å². The maximum atomic E-state index is 12.4. The van der Waals surface area contributed by atoms with Gasteiger partial charge in [0.15, 0.2) is 0 Å². The van der Waals surface area contributed by atoms with Crippen LogP contribution in [0.3, 0.4) is 0 Å². The third-order valence-electron chi connectivity index (χ3n) is 3.67. The summed E-state index contributed by atoms with van der Waals surface area (Å²) in [5, 5.41) is 15.0. The maximum Gasteiger partial charge on any atom is 0.274 e. The highest BCUT2D eigenvalue weighted by Gasteiger charge is 2.10. The van der Waals surface area contributed by atoms with Crippen molar-refractivity contribution in [2.45, 2.75) is 6.92 Å². The summed E-state index contributed by atoms with van der Waals surface area (Å²) in [5.41, 5.74) is 4.12. The van der Waals surface area contributed by atoms with Crippen LogP contribution in [0.2, 0.25) is 0 Å². The fourth-order valence-corrected chi connectivity index (χ4v) is 2.37. The number of benzene rings is 2. The van der Waals surface area contributed by atoms with E-state index in [9.17, 15) is 4.79 Å². The Morgan fingerprint density at radius 1 is 1.04 bits per heavy atom. The Balaban J connectivity index is 1.78. The van der Waals surface area contributed by atoms with E-state index in [1.165, 1.54) is 0 Å². The van der Waals surface area contributed by atoms with E-state index in [2.05, 4.69) is 21.7 Å². The molecule has 3 rings (SSSR count). The van der Waals surface area contributed by atoms with E-state index >= 15 is 0 Å². The smallest absolute Gasteiger partial charge is 0.274 e. The molecule has 0 fully saturated rings. The van der Waals surface area contributed by atoms with E-state index in [0.29, 0.717) is 11.3 Å². The Morgan fingerprint density at radius 3 is 2.64 bits per heavy atom. The molecular weight excluding hydrogens is 312 g/mol. The molecule has 1 amide bonds. The van der Waals surface area contributed by atoms with Gasteiger partial charge in [0.1, 0.15) is 5.69 Å². The van der Waals surface area contributed by atoms with Crippen molar-refractivity contribution in [1.29, 1.82) is 5.26 Å². The summed E-state index contributed by atoms with van der Waals surface area (Å²) in [6.45, 7) is 1.93. The Hall–Kier alpha value is -3.65. The first-order valence-corrected chi connectivity index (χ1v) is 7.76. The molecule has 0 aliphatic heterocycles. The topological polar surface area (TPSA) is 77.8 Å². The Labute approximate surface area is 146 Å². The monoisotopic (exact) mass is 328 g/mol. The van der Waals surface area contributed by atoms with E-state index in [-0.39, 0.29) is 5.91 Å². The SMILES string of the molecule is Cc1ccccc1NC(=O)c1cc(Nc2cccc(C#N)c2)ccn1. The fraction of sp³-hybridized carbons (Fsp3) is 0.0500. The number of pyridine rings is 1. The number of para-hydroxylation sites is 1. The quantitative estimate of drug-likeness (QED) is 0.750. The number of aryl methyl sites for hydroxylation is 1. The lowest BCUT2D eigenvalue weighted by molar-refractivity contribution is 0.102. The highest BCUT2D eigenvalue weighted by atomic mass is 16.1. The number of aromatic nitrogens is 1. The van der Waals surface area contributed by atoms with Gasteiger partial charge in [0.25, 0.3) is 5.91 Å². The van der Waals surface area contributed by atoms with Crippen molar-refractivity contribution < 1.29 is 4.79 Å². The van der Waals surface area contributed by atoms with Crippen molar-refractivity contribution in [2.75, 3.05) is 10.6 Å². The van der Waals surface area contributed by atoms with Gasteiger partial charge in [-0.25, -0.2) is 0 Å². The van der Waals surface area contributed by atoms with Crippen LogP contribution in [-0.4, -0.2) is 10.9 Å². The zero-order valence-electron chi connectivity index (χ0n) is 13.7. The van der Waals surface area contributed by atoms with Crippen molar-refractivity contribution in [3.8, 4) is 6.07 Å². The predicted molar refractivity (Wildman–Crippen MR) is 97.8 cm³/mol. The van der Waals surface area contributed by atoms with Gasteiger partial charge < -0.3 is 10.6 Å². The van der Waals surface area contributed by atoms with Crippen molar-refractivity contribution >= 4 is 23.0 Å². The van der Waals surface area contributed by atoms with Crippen molar-refractivity contribution in [3.05, 3.63) is 83.7 Å². The largest absolute Gasteiger partial charge is 0.355 e. The number of nitrogens with one attached hydrogen (secondary N) is 2. The molecule has 0 saturated carbocycles. The summed E-state index contributed by atoms with van der Waals surface area (Å²) in [6, 6.07) is 20.2. The summed E-state index contributed by atoms with van der Waals surface area (Å²) in [4.78, 5) is 16.6. The zero-order valence-corrected chi connectivity index (χ0v) is 13.7. The Bertz CT molecular complexity index is 960. The minimum Gasteiger partial charge on any atom is -0.355 e. The summed E-state index contributed by atoms with van der Waals surface area (Å²) in [7, 11) is 0. The summed E-state index contributed by atoms with van der Waals surface area (Å²) in [6.07, 6.45) is 1.57. The molecule has 0 aliphatic rings. The summed E-state index contributed by atoms with van der Waals surface area (Å²) in [5.74, 6) is -0.274. The average Bonchev–Trinajstić information content (AvgIpc) is 2.64. The lowest BCUT2D eigenvalue weighted by atomic mass is 10.2. The second-order valence-corrected chi connectivity index (χ2v) is 5.52. The van der Waals surface area contributed by atoms with Crippen LogP contribution >= 0.6 is 0 Å². The number of carbonyl (C=O) groups excluding carboxylic acids is 1. The fourth-order valence-electron chi connectivity index (χ4n) is 2.37. The molecule has 0 aliphatic carbocycles. The highest BCUT2D eigenvalue weighted by Crippen LogP contribution is 2.19. The molecule has 0 unspecified atom stereocenters. The molecule has 3 aromatic rings. The van der Waals surface area contributed by atoms with Crippen LogP contribution in [0.25, 0.3) is 0 Å². The third-order valence-corrected chi connectivity index (χ3v) is 3.67. The van der Waals surface area contributed by atoms with Crippen molar-refractivity contribution in [1.82, 2.24) is 4.98 Å². The molecule has 0 atom stereocenters. The van der Waals surface area contributed by atoms with E-state index < -0.39 is 0 Å². The number of rotatable bonds is 4. The molecule has 0 saturated heterocycles. The molecule has 5 heteroatoms. The van der Waals surface area contributed by atoms with Gasteiger partial charge in [-0.2, -0.15) is 5.26 Å². The van der Waals surface area contributed by atoms with Crippen molar-refractivity contribution in [2.24, 2.45) is 0 Å². The molecule has 2 N–H and O–H groups in total. The summed E-state index contributed by atoms with van der Waals surface area (Å²) < 4.78 is 0. The number of amides is 1. The van der Waals surface area contributed by atoms with Gasteiger partial charge in [-0.3, -0.25) is 9.78 Å². The first-order valence-electron chi connectivity index (χ1n) is 7.76. The zero-order chi connectivity index (χ0) is 17.6. The van der Waals surface area contributed by atoms with Gasteiger partial charge in [0, 0.05) is 23.3 Å². The molecular formula is C20H16N4O. The second-order valence-electron chi connectivity index (χ2n) is 5.52. The highest BCUT2D eigenvalue weighted by molar-refractivity contribution is 6.03. The number of nitrogens with zero attached hydrogens (tertiary/aromatic N) is 2. The molecule has 0 bridgehead atoms. The second kappa shape index (κ2) is 7.28. The van der Waals surface area contributed by atoms with E-state index in [0.717, 1.165) is 22.6 Å². The van der Waals surface area contributed by atoms with Crippen LogP contribution in [0, 0.1) is 18.3 Å². The molecule has 5 nitrogen and oxygen atoms in total. The average molecular weight is 328 g/mol. The summed E-state index contributed by atoms with van der Waals surface area (Å²) >= 11 is 0. The normalized spacial score (nSPS) is 9.92. The van der Waals surface area contributed by atoms with Crippen LogP contribution in [-0.2, 0) is 0 Å². The Kier molecular flexibility index (Phi) is 4.72. The molecule has 1 heterocycles. The number of hydrogen-bond donors (Lipinski definition) is 2. The minimum absolute atomic E-state index is 0.274. The standard InChI is InChI=1S/C20H16N4O/c1-14-5-2-3-8-18(14)24-20(25)19-12-17(9-10-22-19)23-16-7-4-6-15(11-16)13-21/h2-12H,1H3,(H,22,23)(H,24,25). The van der Waals surface area contributed by atoms with E-state index in [1.54, 1.807) is 36.5 Å². The minimum atomic E-state index is -0.274. The predicted octanol–water partition coefficient (Wildman–Crippen LogP) is 4.26. The van der Waals surface area contributed by atoms with Crippen LogP contribution in [0.4, 0.5) is 17.1 Å². The lowest BCUT2D eigenvalue weighted by Gasteiger charge is -2.10. The first kappa shape index (κ1) is 16.2. The van der Waals surface area contributed by atoms with Crippen LogP contribution in [0.1, 0.15) is 21.6 Å². The number of anilines is 3. The molecule has 0 radical (unpaired) electrons. The van der Waals surface area contributed by atoms with Gasteiger partial charge >= 0.3 is 0 Å². The lowest BCUT2D eigenvalue weighted by Crippen LogP contribution is -2.14. The van der Waals surface area contributed by atoms with Crippen LogP contribution < -0.4 is 10.6 Å². The van der Waals surface area contributed by atoms with Gasteiger partial charge in [-0.05, 0) is 48.9 Å². The molecule has 25 heavy (non-hydrogen) atoms. The van der Waals surface area contributed by atoms with Crippen LogP contribution in [0.15, 0.2) is 66.9 Å². The maximum absolute atomic E-state index is 12.4. The third kappa shape index (κ3) is 4.01. The Morgan fingerprint density at radius 2 is 1.84 bits per heavy atom. The van der Waals surface area contributed by atoms with Crippen molar-refractivity contribution in [3.63, 3.8) is 0 Å². The van der Waals surface area contributed by atoms with Gasteiger partial charge in [0.2, 0.25) is 0 Å². The molecule has 122 valence electrons. The van der Waals surface area contributed by atoms with Gasteiger partial charge in [-0.1, -0.05) is 24.3 Å². The van der Waals surface area contributed by atoms with Gasteiger partial charge in [0.05, 0.1) is 11.6 Å². The first-order chi connectivity index (χ1) is 12.2. The van der Waals surface area contributed by atoms with E-state index in [1.807, 2.05) is 37.3 Å². The number of carbonyl (C=O) groups is 1. The number of nitriles is 1. The van der Waals surface area contributed by atoms with Gasteiger partial charge in [-0.15, -0.1) is 0 Å². The van der Waals surface area contributed by atoms with Crippen LogP contribution in [0.5, 0.6) is 0 Å². The molecule has 1 aromatic heterocycles.